The minimum absolute atomic E-state index is 0.170. The molecule has 0 unspecified atom stereocenters. The van der Waals surface area contributed by atoms with Gasteiger partial charge in [-0.15, -0.1) is 0 Å². The van der Waals surface area contributed by atoms with Gasteiger partial charge in [0.2, 0.25) is 0 Å². The van der Waals surface area contributed by atoms with Crippen LogP contribution in [0.1, 0.15) is 23.2 Å². The molecule has 0 bridgehead atoms. The number of ether oxygens (including phenoxy) is 1. The van der Waals surface area contributed by atoms with E-state index in [0.717, 1.165) is 12.8 Å². The Bertz CT molecular complexity index is 515. The van der Waals surface area contributed by atoms with Crippen LogP contribution in [0.2, 0.25) is 5.02 Å². The minimum Gasteiger partial charge on any atom is -0.452 e. The summed E-state index contributed by atoms with van der Waals surface area (Å²) in [6.45, 7) is -0.281. The number of rotatable bonds is 4. The molecular formula is C13H15ClN2O3. The van der Waals surface area contributed by atoms with E-state index in [-0.39, 0.29) is 23.1 Å². The Kier molecular flexibility index (Phi) is 3.95. The summed E-state index contributed by atoms with van der Waals surface area (Å²) in [4.78, 5) is 25.1. The zero-order chi connectivity index (χ0) is 14.0. The van der Waals surface area contributed by atoms with E-state index in [0.29, 0.717) is 11.7 Å². The van der Waals surface area contributed by atoms with Gasteiger partial charge in [0.25, 0.3) is 5.91 Å². The number of nitrogens with two attached hydrogens (primary N) is 1. The highest BCUT2D eigenvalue weighted by Crippen LogP contribution is 2.25. The fourth-order valence-electron chi connectivity index (χ4n) is 1.67. The van der Waals surface area contributed by atoms with Gasteiger partial charge >= 0.3 is 5.97 Å². The van der Waals surface area contributed by atoms with Gasteiger partial charge in [-0.25, -0.2) is 4.79 Å². The first kappa shape index (κ1) is 13.7. The smallest absolute Gasteiger partial charge is 0.340 e. The van der Waals surface area contributed by atoms with Crippen LogP contribution in [0.3, 0.4) is 0 Å². The first-order valence-corrected chi connectivity index (χ1v) is 6.34. The second-order valence-electron chi connectivity index (χ2n) is 4.55. The lowest BCUT2D eigenvalue weighted by molar-refractivity contribution is -0.133. The zero-order valence-corrected chi connectivity index (χ0v) is 11.3. The molecule has 0 aliphatic heterocycles. The first-order valence-electron chi connectivity index (χ1n) is 5.97. The van der Waals surface area contributed by atoms with Crippen LogP contribution in [0.25, 0.3) is 0 Å². The van der Waals surface area contributed by atoms with Crippen LogP contribution in [0.5, 0.6) is 0 Å². The third-order valence-corrected chi connectivity index (χ3v) is 3.35. The predicted octanol–water partition coefficient (Wildman–Crippen LogP) is 1.70. The van der Waals surface area contributed by atoms with Gasteiger partial charge < -0.3 is 15.4 Å². The van der Waals surface area contributed by atoms with Gasteiger partial charge in [0, 0.05) is 18.8 Å². The maximum absolute atomic E-state index is 11.8. The number of carbonyl (C=O) groups is 2. The molecule has 102 valence electrons. The molecule has 1 aliphatic rings. The van der Waals surface area contributed by atoms with E-state index in [1.807, 2.05) is 0 Å². The number of benzene rings is 1. The monoisotopic (exact) mass is 282 g/mol. The summed E-state index contributed by atoms with van der Waals surface area (Å²) in [5.41, 5.74) is 6.16. The van der Waals surface area contributed by atoms with Crippen LogP contribution in [0.15, 0.2) is 18.2 Å². The molecule has 5 nitrogen and oxygen atoms in total. The lowest BCUT2D eigenvalue weighted by Crippen LogP contribution is -2.32. The zero-order valence-electron chi connectivity index (χ0n) is 10.6. The van der Waals surface area contributed by atoms with E-state index in [2.05, 4.69) is 0 Å². The third-order valence-electron chi connectivity index (χ3n) is 3.03. The van der Waals surface area contributed by atoms with Gasteiger partial charge in [-0.3, -0.25) is 4.79 Å². The Labute approximate surface area is 116 Å². The number of anilines is 1. The summed E-state index contributed by atoms with van der Waals surface area (Å²) in [5, 5.41) is 0.252. The second kappa shape index (κ2) is 5.48. The van der Waals surface area contributed by atoms with Crippen molar-refractivity contribution in [3.8, 4) is 0 Å². The fourth-order valence-corrected chi connectivity index (χ4v) is 1.87. The van der Waals surface area contributed by atoms with Crippen molar-refractivity contribution in [1.29, 1.82) is 0 Å². The van der Waals surface area contributed by atoms with Gasteiger partial charge in [0.1, 0.15) is 0 Å². The van der Waals surface area contributed by atoms with Gasteiger partial charge in [0.15, 0.2) is 6.61 Å². The van der Waals surface area contributed by atoms with Crippen LogP contribution in [0, 0.1) is 0 Å². The average molecular weight is 283 g/mol. The van der Waals surface area contributed by atoms with Crippen molar-refractivity contribution in [1.82, 2.24) is 4.90 Å². The number of carbonyl (C=O) groups excluding carboxylic acids is 2. The van der Waals surface area contributed by atoms with Crippen LogP contribution >= 0.6 is 11.6 Å². The molecule has 1 aromatic rings. The molecule has 1 saturated carbocycles. The van der Waals surface area contributed by atoms with Crippen molar-refractivity contribution in [2.45, 2.75) is 18.9 Å². The third kappa shape index (κ3) is 3.38. The molecule has 0 heterocycles. The lowest BCUT2D eigenvalue weighted by atomic mass is 10.2. The van der Waals surface area contributed by atoms with Crippen molar-refractivity contribution in [2.24, 2.45) is 0 Å². The molecule has 2 N–H and O–H groups in total. The minimum atomic E-state index is -0.644. The Morgan fingerprint density at radius 2 is 2.16 bits per heavy atom. The maximum Gasteiger partial charge on any atom is 0.340 e. The number of hydrogen-bond donors (Lipinski definition) is 1. The van der Waals surface area contributed by atoms with E-state index < -0.39 is 5.97 Å². The number of nitrogen functional groups attached to an aromatic ring is 1. The number of likely N-dealkylation sites (N-methyl/N-ethyl adjacent to an activating group) is 1. The Hall–Kier alpha value is -1.75. The highest BCUT2D eigenvalue weighted by molar-refractivity contribution is 6.33. The standard InChI is InChI=1S/C13H15ClN2O3/c1-16(9-3-4-9)12(17)7-19-13(18)10-6-8(15)2-5-11(10)14/h2,5-6,9H,3-4,7,15H2,1H3. The van der Waals surface area contributed by atoms with Crippen LogP contribution in [-0.2, 0) is 9.53 Å². The first-order chi connectivity index (χ1) is 8.99. The normalized spacial score (nSPS) is 14.0. The molecular weight excluding hydrogens is 268 g/mol. The number of halogens is 1. The predicted molar refractivity (Wildman–Crippen MR) is 71.9 cm³/mol. The molecule has 0 aromatic heterocycles. The Morgan fingerprint density at radius 3 is 2.79 bits per heavy atom. The molecule has 0 saturated heterocycles. The summed E-state index contributed by atoms with van der Waals surface area (Å²) in [5.74, 6) is -0.856. The number of hydrogen-bond acceptors (Lipinski definition) is 4. The highest BCUT2D eigenvalue weighted by atomic mass is 35.5. The van der Waals surface area contributed by atoms with Crippen molar-refractivity contribution in [3.05, 3.63) is 28.8 Å². The van der Waals surface area contributed by atoms with Crippen LogP contribution < -0.4 is 5.73 Å². The fraction of sp³-hybridized carbons (Fsp3) is 0.385. The molecule has 1 aliphatic carbocycles. The largest absolute Gasteiger partial charge is 0.452 e. The number of amides is 1. The topological polar surface area (TPSA) is 72.6 Å². The summed E-state index contributed by atoms with van der Waals surface area (Å²) in [7, 11) is 1.71. The van der Waals surface area contributed by atoms with Crippen LogP contribution in [0.4, 0.5) is 5.69 Å². The van der Waals surface area contributed by atoms with Crippen molar-refractivity contribution >= 4 is 29.2 Å². The highest BCUT2D eigenvalue weighted by Gasteiger charge is 2.30. The Balaban J connectivity index is 1.93. The molecule has 1 aromatic carbocycles. The molecule has 0 atom stereocenters. The lowest BCUT2D eigenvalue weighted by Gasteiger charge is -2.16. The van der Waals surface area contributed by atoms with Gasteiger partial charge in [-0.2, -0.15) is 0 Å². The molecule has 19 heavy (non-hydrogen) atoms. The van der Waals surface area contributed by atoms with Crippen molar-refractivity contribution < 1.29 is 14.3 Å². The summed E-state index contributed by atoms with van der Waals surface area (Å²) >= 11 is 5.88. The van der Waals surface area contributed by atoms with Gasteiger partial charge in [-0.05, 0) is 31.0 Å². The SMILES string of the molecule is CN(C(=O)COC(=O)c1cc(N)ccc1Cl)C1CC1. The van der Waals surface area contributed by atoms with E-state index in [9.17, 15) is 9.59 Å². The molecule has 0 radical (unpaired) electrons. The van der Waals surface area contributed by atoms with Crippen molar-refractivity contribution in [2.75, 3.05) is 19.4 Å². The maximum atomic E-state index is 11.8. The number of nitrogens with zero attached hydrogens (tertiary/aromatic N) is 1. The van der Waals surface area contributed by atoms with E-state index in [1.54, 1.807) is 18.0 Å². The average Bonchev–Trinajstić information content (AvgIpc) is 3.21. The summed E-state index contributed by atoms with van der Waals surface area (Å²) in [6, 6.07) is 4.83. The molecule has 6 heteroatoms. The number of esters is 1. The summed E-state index contributed by atoms with van der Waals surface area (Å²) in [6.07, 6.45) is 2.02. The Morgan fingerprint density at radius 1 is 1.47 bits per heavy atom. The molecule has 2 rings (SSSR count). The summed E-state index contributed by atoms with van der Waals surface area (Å²) < 4.78 is 4.95. The van der Waals surface area contributed by atoms with E-state index in [1.165, 1.54) is 12.1 Å². The quantitative estimate of drug-likeness (QED) is 0.674. The van der Waals surface area contributed by atoms with E-state index >= 15 is 0 Å². The van der Waals surface area contributed by atoms with E-state index in [4.69, 9.17) is 22.1 Å². The molecule has 1 amide bonds. The second-order valence-corrected chi connectivity index (χ2v) is 4.96. The molecule has 1 fully saturated rings. The van der Waals surface area contributed by atoms with Gasteiger partial charge in [-0.1, -0.05) is 11.6 Å². The van der Waals surface area contributed by atoms with Crippen molar-refractivity contribution in [3.63, 3.8) is 0 Å². The van der Waals surface area contributed by atoms with Crippen LogP contribution in [-0.4, -0.2) is 36.5 Å². The van der Waals surface area contributed by atoms with Gasteiger partial charge in [0.05, 0.1) is 10.6 Å². The molecule has 0 spiro atoms.